The lowest BCUT2D eigenvalue weighted by molar-refractivity contribution is -0.155. The summed E-state index contributed by atoms with van der Waals surface area (Å²) in [6.45, 7) is 5.98. The first kappa shape index (κ1) is 35.6. The summed E-state index contributed by atoms with van der Waals surface area (Å²) in [4.78, 5) is 49.0. The van der Waals surface area contributed by atoms with Gasteiger partial charge in [0.25, 0.3) is 0 Å². The molecule has 2 amide bonds. The van der Waals surface area contributed by atoms with Crippen molar-refractivity contribution < 1.29 is 33.4 Å². The zero-order chi connectivity index (χ0) is 32.7. The van der Waals surface area contributed by atoms with Crippen LogP contribution >= 0.6 is 0 Å². The fourth-order valence-corrected chi connectivity index (χ4v) is 5.63. The molecule has 2 aromatic carbocycles. The molecule has 1 atom stereocenters. The van der Waals surface area contributed by atoms with E-state index in [9.17, 15) is 19.2 Å². The normalized spacial score (nSPS) is 12.9. The van der Waals surface area contributed by atoms with Gasteiger partial charge >= 0.3 is 18.0 Å². The maximum absolute atomic E-state index is 12.5. The van der Waals surface area contributed by atoms with Gasteiger partial charge < -0.3 is 24.8 Å². The lowest BCUT2D eigenvalue weighted by Crippen LogP contribution is -2.43. The molecule has 9 heteroatoms. The monoisotopic (exact) mass is 622 g/mol. The molecule has 0 aliphatic heterocycles. The van der Waals surface area contributed by atoms with Crippen molar-refractivity contribution in [2.45, 2.75) is 109 Å². The molecule has 45 heavy (non-hydrogen) atoms. The summed E-state index contributed by atoms with van der Waals surface area (Å²) < 4.78 is 15.7. The van der Waals surface area contributed by atoms with E-state index in [0.29, 0.717) is 12.8 Å². The molecule has 2 aromatic rings. The summed E-state index contributed by atoms with van der Waals surface area (Å²) in [5.74, 6) is -0.943. The number of esters is 2. The molecule has 0 saturated heterocycles. The van der Waals surface area contributed by atoms with Crippen LogP contribution in [-0.2, 0) is 28.6 Å². The molecule has 1 aliphatic rings. The predicted octanol–water partition coefficient (Wildman–Crippen LogP) is 6.82. The second-order valence-electron chi connectivity index (χ2n) is 12.6. The van der Waals surface area contributed by atoms with E-state index >= 15 is 0 Å². The Kier molecular flexibility index (Phi) is 14.4. The van der Waals surface area contributed by atoms with Crippen molar-refractivity contribution >= 4 is 23.9 Å². The zero-order valence-corrected chi connectivity index (χ0v) is 27.3. The predicted molar refractivity (Wildman–Crippen MR) is 174 cm³/mol. The van der Waals surface area contributed by atoms with Crippen LogP contribution in [-0.4, -0.2) is 55.8 Å². The number of nitrogens with one attached hydrogen (secondary N) is 2. The highest BCUT2D eigenvalue weighted by Crippen LogP contribution is 2.44. The van der Waals surface area contributed by atoms with Gasteiger partial charge in [0.1, 0.15) is 18.2 Å². The number of fused-ring (bicyclic) bond motifs is 3. The maximum Gasteiger partial charge on any atom is 0.407 e. The molecule has 246 valence electrons. The maximum atomic E-state index is 12.5. The van der Waals surface area contributed by atoms with E-state index < -0.39 is 23.7 Å². The summed E-state index contributed by atoms with van der Waals surface area (Å²) in [5.41, 5.74) is 4.14. The van der Waals surface area contributed by atoms with Crippen LogP contribution in [0.25, 0.3) is 11.1 Å². The van der Waals surface area contributed by atoms with E-state index in [1.165, 1.54) is 7.11 Å². The summed E-state index contributed by atoms with van der Waals surface area (Å²) in [6.07, 6.45) is 8.21. The Labute approximate surface area is 267 Å². The van der Waals surface area contributed by atoms with Crippen LogP contribution in [0.5, 0.6) is 0 Å². The second kappa shape index (κ2) is 18.2. The number of ether oxygens (including phenoxy) is 3. The molecule has 0 spiro atoms. The van der Waals surface area contributed by atoms with E-state index in [2.05, 4.69) is 34.9 Å². The van der Waals surface area contributed by atoms with Crippen molar-refractivity contribution in [3.05, 3.63) is 59.7 Å². The lowest BCUT2D eigenvalue weighted by atomic mass is 9.98. The Morgan fingerprint density at radius 2 is 1.31 bits per heavy atom. The van der Waals surface area contributed by atoms with Gasteiger partial charge in [-0.15, -0.1) is 0 Å². The van der Waals surface area contributed by atoms with Gasteiger partial charge in [0, 0.05) is 25.3 Å². The van der Waals surface area contributed by atoms with Gasteiger partial charge in [-0.2, -0.15) is 0 Å². The lowest BCUT2D eigenvalue weighted by Gasteiger charge is -2.19. The number of carbonyl (C=O) groups is 4. The molecule has 0 saturated carbocycles. The second-order valence-corrected chi connectivity index (χ2v) is 12.6. The molecular formula is C36H50N2O7. The molecule has 0 bridgehead atoms. The van der Waals surface area contributed by atoms with E-state index in [-0.39, 0.29) is 37.4 Å². The van der Waals surface area contributed by atoms with Crippen molar-refractivity contribution in [2.75, 3.05) is 20.3 Å². The van der Waals surface area contributed by atoms with Crippen LogP contribution in [0.1, 0.15) is 108 Å². The molecule has 0 fully saturated rings. The largest absolute Gasteiger partial charge is 0.467 e. The molecule has 0 aromatic heterocycles. The zero-order valence-electron chi connectivity index (χ0n) is 27.3. The fraction of sp³-hybridized carbons (Fsp3) is 0.556. The van der Waals surface area contributed by atoms with Crippen LogP contribution < -0.4 is 10.6 Å². The van der Waals surface area contributed by atoms with Gasteiger partial charge in [0.15, 0.2) is 0 Å². The number of hydrogen-bond acceptors (Lipinski definition) is 7. The third kappa shape index (κ3) is 12.2. The summed E-state index contributed by atoms with van der Waals surface area (Å²) in [6, 6.07) is 15.4. The van der Waals surface area contributed by atoms with Crippen LogP contribution in [0.15, 0.2) is 48.5 Å². The molecule has 1 aliphatic carbocycles. The molecule has 9 nitrogen and oxygen atoms in total. The Morgan fingerprint density at radius 3 is 1.87 bits per heavy atom. The first-order valence-electron chi connectivity index (χ1n) is 16.3. The highest BCUT2D eigenvalue weighted by atomic mass is 16.6. The fourth-order valence-electron chi connectivity index (χ4n) is 5.63. The molecule has 0 unspecified atom stereocenters. The summed E-state index contributed by atoms with van der Waals surface area (Å²) in [5, 5.41) is 5.44. The van der Waals surface area contributed by atoms with Crippen molar-refractivity contribution in [2.24, 2.45) is 0 Å². The Morgan fingerprint density at radius 1 is 0.778 bits per heavy atom. The van der Waals surface area contributed by atoms with Crippen LogP contribution in [0.3, 0.4) is 0 Å². The summed E-state index contributed by atoms with van der Waals surface area (Å²) in [7, 11) is 1.28. The van der Waals surface area contributed by atoms with Gasteiger partial charge in [0.2, 0.25) is 5.91 Å². The van der Waals surface area contributed by atoms with E-state index in [1.54, 1.807) is 0 Å². The Balaban J connectivity index is 1.27. The highest BCUT2D eigenvalue weighted by Gasteiger charge is 2.29. The number of benzene rings is 2. The number of methoxy groups -OCH3 is 1. The van der Waals surface area contributed by atoms with Crippen molar-refractivity contribution in [1.82, 2.24) is 10.6 Å². The molecule has 2 N–H and O–H groups in total. The minimum Gasteiger partial charge on any atom is -0.467 e. The standard InChI is InChI=1S/C36H50N2O7/c1-36(2,3)45-33(40)22-12-10-8-6-5-7-9-11-21-32(39)38-31(34(41)43-4)23-24-37-35(42)44-25-30-28-19-15-13-17-26(28)27-18-14-16-20-29(27)30/h13-20,30-31H,5-12,21-25H2,1-4H3,(H,37,42)(H,38,39)/t31-/m0/s1. The summed E-state index contributed by atoms with van der Waals surface area (Å²) >= 11 is 0. The smallest absolute Gasteiger partial charge is 0.407 e. The number of hydrogen-bond donors (Lipinski definition) is 2. The van der Waals surface area contributed by atoms with Crippen molar-refractivity contribution in [1.29, 1.82) is 0 Å². The molecular weight excluding hydrogens is 572 g/mol. The minimum absolute atomic E-state index is 0.0407. The van der Waals surface area contributed by atoms with Gasteiger partial charge in [-0.1, -0.05) is 87.1 Å². The SMILES string of the molecule is COC(=O)[C@H](CCNC(=O)OCC1c2ccccc2-c2ccccc21)NC(=O)CCCCCCCCCCC(=O)OC(C)(C)C. The Hall–Kier alpha value is -3.88. The van der Waals surface area contributed by atoms with Crippen LogP contribution in [0, 0.1) is 0 Å². The molecule has 0 heterocycles. The van der Waals surface area contributed by atoms with E-state index in [1.807, 2.05) is 45.0 Å². The third-order valence-electron chi connectivity index (χ3n) is 7.82. The topological polar surface area (TPSA) is 120 Å². The van der Waals surface area contributed by atoms with Gasteiger partial charge in [-0.3, -0.25) is 9.59 Å². The highest BCUT2D eigenvalue weighted by molar-refractivity contribution is 5.84. The van der Waals surface area contributed by atoms with Gasteiger partial charge in [0.05, 0.1) is 7.11 Å². The van der Waals surface area contributed by atoms with Crippen molar-refractivity contribution in [3.63, 3.8) is 0 Å². The molecule has 3 rings (SSSR count). The third-order valence-corrected chi connectivity index (χ3v) is 7.82. The molecule has 0 radical (unpaired) electrons. The van der Waals surface area contributed by atoms with Crippen LogP contribution in [0.4, 0.5) is 4.79 Å². The minimum atomic E-state index is -0.850. The average molecular weight is 623 g/mol. The first-order chi connectivity index (χ1) is 21.6. The van der Waals surface area contributed by atoms with E-state index in [0.717, 1.165) is 73.6 Å². The number of rotatable bonds is 18. The number of amides is 2. The number of alkyl carbamates (subject to hydrolysis) is 1. The number of carbonyl (C=O) groups excluding carboxylic acids is 4. The first-order valence-corrected chi connectivity index (χ1v) is 16.3. The quantitative estimate of drug-likeness (QED) is 0.106. The Bertz CT molecular complexity index is 1220. The van der Waals surface area contributed by atoms with Gasteiger partial charge in [-0.05, 0) is 62.3 Å². The van der Waals surface area contributed by atoms with Crippen molar-refractivity contribution in [3.8, 4) is 11.1 Å². The van der Waals surface area contributed by atoms with Crippen LogP contribution in [0.2, 0.25) is 0 Å². The average Bonchev–Trinajstić information content (AvgIpc) is 3.32. The number of unbranched alkanes of at least 4 members (excludes halogenated alkanes) is 7. The van der Waals surface area contributed by atoms with E-state index in [4.69, 9.17) is 14.2 Å². The van der Waals surface area contributed by atoms with Gasteiger partial charge in [-0.25, -0.2) is 9.59 Å².